The average molecular weight is 318 g/mol. The number of rotatable bonds is 6. The fraction of sp³-hybridized carbons (Fsp3) is 0.143. The van der Waals surface area contributed by atoms with Crippen LogP contribution in [-0.2, 0) is 6.42 Å². The summed E-state index contributed by atoms with van der Waals surface area (Å²) in [6.07, 6.45) is 1.12. The van der Waals surface area contributed by atoms with E-state index in [0.717, 1.165) is 12.2 Å². The Morgan fingerprint density at radius 3 is 1.70 bits per heavy atom. The van der Waals surface area contributed by atoms with Crippen molar-refractivity contribution in [3.8, 4) is 5.75 Å². The van der Waals surface area contributed by atoms with Crippen molar-refractivity contribution < 1.29 is 4.74 Å². The highest BCUT2D eigenvalue weighted by Gasteiger charge is 2.15. The van der Waals surface area contributed by atoms with Gasteiger partial charge < -0.3 is 4.74 Å². The van der Waals surface area contributed by atoms with Crippen molar-refractivity contribution >= 4 is 19.2 Å². The molecule has 0 radical (unpaired) electrons. The van der Waals surface area contributed by atoms with Crippen LogP contribution in [0.5, 0.6) is 5.75 Å². The number of aryl methyl sites for hydroxylation is 1. The lowest BCUT2D eigenvalue weighted by molar-refractivity contribution is 0.414. The van der Waals surface area contributed by atoms with Crippen molar-refractivity contribution in [1.29, 1.82) is 0 Å². The summed E-state index contributed by atoms with van der Waals surface area (Å²) in [7, 11) is 0.540. The van der Waals surface area contributed by atoms with E-state index in [0.29, 0.717) is 0 Å². The van der Waals surface area contributed by atoms with Gasteiger partial charge in [-0.25, -0.2) is 0 Å². The van der Waals surface area contributed by atoms with Gasteiger partial charge in [0.15, 0.2) is 0 Å². The molecular formula is C21H22OSi. The van der Waals surface area contributed by atoms with Gasteiger partial charge in [-0.2, -0.15) is 0 Å². The first-order valence-electron chi connectivity index (χ1n) is 8.09. The third-order valence-electron chi connectivity index (χ3n) is 4.28. The first-order valence-corrected chi connectivity index (χ1v) is 10.1. The predicted molar refractivity (Wildman–Crippen MR) is 101 cm³/mol. The Kier molecular flexibility index (Phi) is 5.28. The highest BCUT2D eigenvalue weighted by molar-refractivity contribution is 6.85. The molecule has 3 aromatic rings. The second-order valence-corrected chi connectivity index (χ2v) is 8.78. The molecule has 3 aromatic carbocycles. The second-order valence-electron chi connectivity index (χ2n) is 5.76. The Morgan fingerprint density at radius 2 is 1.22 bits per heavy atom. The van der Waals surface area contributed by atoms with Crippen LogP contribution in [0.15, 0.2) is 84.9 Å². The fourth-order valence-electron chi connectivity index (χ4n) is 3.00. The second kappa shape index (κ2) is 7.79. The third kappa shape index (κ3) is 4.11. The quantitative estimate of drug-likeness (QED) is 0.634. The summed E-state index contributed by atoms with van der Waals surface area (Å²) in [6.45, 7) is 0. The molecule has 0 saturated heterocycles. The zero-order chi connectivity index (χ0) is 15.9. The number of methoxy groups -OCH3 is 1. The number of benzene rings is 3. The Bertz CT molecular complexity index is 668. The molecule has 23 heavy (non-hydrogen) atoms. The summed E-state index contributed by atoms with van der Waals surface area (Å²) in [5.41, 5.74) is 1.38. The van der Waals surface area contributed by atoms with Crippen molar-refractivity contribution in [3.63, 3.8) is 0 Å². The summed E-state index contributed by atoms with van der Waals surface area (Å²) in [5, 5.41) is 3.04. The summed E-state index contributed by atoms with van der Waals surface area (Å²) in [6, 6.07) is 31.7. The van der Waals surface area contributed by atoms with Crippen LogP contribution in [0.25, 0.3) is 0 Å². The smallest absolute Gasteiger partial charge is 0.118 e. The van der Waals surface area contributed by atoms with E-state index in [2.05, 4.69) is 84.9 Å². The summed E-state index contributed by atoms with van der Waals surface area (Å²) in [4.78, 5) is 0. The third-order valence-corrected chi connectivity index (χ3v) is 7.53. The van der Waals surface area contributed by atoms with Gasteiger partial charge in [0, 0.05) is 0 Å². The van der Waals surface area contributed by atoms with E-state index in [1.54, 1.807) is 7.11 Å². The lowest BCUT2D eigenvalue weighted by Gasteiger charge is -2.16. The molecule has 0 N–H and O–H groups in total. The lowest BCUT2D eigenvalue weighted by atomic mass is 10.2. The molecule has 0 aliphatic rings. The Balaban J connectivity index is 1.79. The first-order chi connectivity index (χ1) is 11.4. The van der Waals surface area contributed by atoms with Crippen molar-refractivity contribution in [3.05, 3.63) is 90.5 Å². The molecule has 116 valence electrons. The van der Waals surface area contributed by atoms with Gasteiger partial charge in [0.25, 0.3) is 0 Å². The van der Waals surface area contributed by atoms with E-state index in [-0.39, 0.29) is 0 Å². The maximum atomic E-state index is 5.24. The molecule has 0 amide bonds. The van der Waals surface area contributed by atoms with Crippen molar-refractivity contribution in [2.24, 2.45) is 0 Å². The first kappa shape index (κ1) is 15.6. The Labute approximate surface area is 140 Å². The standard InChI is InChI=1S/C21H22OSi/c1-22-19-14-12-18(13-15-19)16-17-23(20-8-4-2-5-9-20)21-10-6-3-7-11-21/h2-15,23H,16-17H2,1H3. The molecule has 0 saturated carbocycles. The molecule has 0 unspecified atom stereocenters. The molecule has 0 aliphatic heterocycles. The predicted octanol–water partition coefficient (Wildman–Crippen LogP) is 3.28. The maximum absolute atomic E-state index is 5.24. The molecule has 2 heteroatoms. The van der Waals surface area contributed by atoms with Crippen LogP contribution in [0.2, 0.25) is 6.04 Å². The molecule has 0 bridgehead atoms. The van der Waals surface area contributed by atoms with E-state index >= 15 is 0 Å². The Morgan fingerprint density at radius 1 is 0.696 bits per heavy atom. The molecule has 0 aromatic heterocycles. The molecule has 0 fully saturated rings. The van der Waals surface area contributed by atoms with Crippen molar-refractivity contribution in [2.75, 3.05) is 7.11 Å². The topological polar surface area (TPSA) is 9.23 Å². The van der Waals surface area contributed by atoms with Gasteiger partial charge in [-0.3, -0.25) is 0 Å². The van der Waals surface area contributed by atoms with Crippen LogP contribution in [0.3, 0.4) is 0 Å². The molecule has 3 rings (SSSR count). The van der Waals surface area contributed by atoms with Gasteiger partial charge in [-0.15, -0.1) is 0 Å². The van der Waals surface area contributed by atoms with Gasteiger partial charge in [0.1, 0.15) is 14.5 Å². The van der Waals surface area contributed by atoms with Crippen LogP contribution < -0.4 is 15.1 Å². The molecule has 0 aliphatic carbocycles. The summed E-state index contributed by atoms with van der Waals surface area (Å²) in [5.74, 6) is 0.925. The highest BCUT2D eigenvalue weighted by Crippen LogP contribution is 2.13. The average Bonchev–Trinajstić information content (AvgIpc) is 2.64. The van der Waals surface area contributed by atoms with Gasteiger partial charge in [-0.05, 0) is 30.2 Å². The summed E-state index contributed by atoms with van der Waals surface area (Å²) < 4.78 is 5.24. The summed E-state index contributed by atoms with van der Waals surface area (Å²) >= 11 is 0. The zero-order valence-corrected chi connectivity index (χ0v) is 14.6. The van der Waals surface area contributed by atoms with E-state index in [1.807, 2.05) is 0 Å². The van der Waals surface area contributed by atoms with Crippen molar-refractivity contribution in [1.82, 2.24) is 0 Å². The SMILES string of the molecule is COc1ccc(CC[SiH](c2ccccc2)c2ccccc2)cc1. The molecule has 1 nitrogen and oxygen atoms in total. The van der Waals surface area contributed by atoms with Gasteiger partial charge in [0.2, 0.25) is 0 Å². The van der Waals surface area contributed by atoms with Gasteiger partial charge in [0.05, 0.1) is 7.11 Å². The monoisotopic (exact) mass is 318 g/mol. The minimum absolute atomic E-state index is 0.925. The van der Waals surface area contributed by atoms with Gasteiger partial charge >= 0.3 is 0 Å². The zero-order valence-electron chi connectivity index (χ0n) is 13.5. The lowest BCUT2D eigenvalue weighted by Crippen LogP contribution is -2.42. The van der Waals surface area contributed by atoms with E-state index in [9.17, 15) is 0 Å². The molecule has 0 heterocycles. The van der Waals surface area contributed by atoms with Crippen LogP contribution in [0.4, 0.5) is 0 Å². The number of hydrogen-bond acceptors (Lipinski definition) is 1. The fourth-order valence-corrected chi connectivity index (χ4v) is 6.05. The van der Waals surface area contributed by atoms with Gasteiger partial charge in [-0.1, -0.05) is 83.2 Å². The Hall–Kier alpha value is -2.32. The number of hydrogen-bond donors (Lipinski definition) is 0. The minimum atomic E-state index is -1.17. The van der Waals surface area contributed by atoms with Crippen LogP contribution in [0.1, 0.15) is 5.56 Å². The van der Waals surface area contributed by atoms with Crippen molar-refractivity contribution in [2.45, 2.75) is 12.5 Å². The van der Waals surface area contributed by atoms with Crippen LogP contribution in [-0.4, -0.2) is 15.9 Å². The maximum Gasteiger partial charge on any atom is 0.118 e. The molecule has 0 spiro atoms. The molecular weight excluding hydrogens is 296 g/mol. The van der Waals surface area contributed by atoms with Crippen LogP contribution >= 0.6 is 0 Å². The number of ether oxygens (including phenoxy) is 1. The highest BCUT2D eigenvalue weighted by atomic mass is 28.3. The van der Waals surface area contributed by atoms with E-state index in [1.165, 1.54) is 22.0 Å². The normalized spacial score (nSPS) is 10.7. The van der Waals surface area contributed by atoms with E-state index < -0.39 is 8.80 Å². The minimum Gasteiger partial charge on any atom is -0.497 e. The molecule has 0 atom stereocenters. The largest absolute Gasteiger partial charge is 0.497 e. The van der Waals surface area contributed by atoms with E-state index in [4.69, 9.17) is 4.74 Å². The van der Waals surface area contributed by atoms with Crippen LogP contribution in [0, 0.1) is 0 Å².